The van der Waals surface area contributed by atoms with E-state index in [0.717, 1.165) is 22.5 Å². The van der Waals surface area contributed by atoms with Crippen molar-refractivity contribution < 1.29 is 11.0 Å². The zero-order valence-corrected chi connectivity index (χ0v) is 19.4. The van der Waals surface area contributed by atoms with Gasteiger partial charge in [0, 0.05) is 5.69 Å². The fourth-order valence-electron chi connectivity index (χ4n) is 5.08. The second-order valence-corrected chi connectivity index (χ2v) is 8.65. The molecule has 0 saturated carbocycles. The van der Waals surface area contributed by atoms with Gasteiger partial charge in [-0.05, 0) is 75.0 Å². The van der Waals surface area contributed by atoms with E-state index in [1.54, 1.807) is 30.3 Å². The molecule has 0 aliphatic heterocycles. The Morgan fingerprint density at radius 3 is 1.83 bits per heavy atom. The molecule has 36 heavy (non-hydrogen) atoms. The van der Waals surface area contributed by atoms with Gasteiger partial charge in [0.15, 0.2) is 0 Å². The number of para-hydroxylation sites is 2. The van der Waals surface area contributed by atoms with E-state index in [0.29, 0.717) is 22.3 Å². The summed E-state index contributed by atoms with van der Waals surface area (Å²) in [7, 11) is 0. The highest BCUT2D eigenvalue weighted by molar-refractivity contribution is 6.21. The minimum atomic E-state index is -0.421. The van der Waals surface area contributed by atoms with E-state index in [4.69, 9.17) is 16.0 Å². The number of hydrogen-bond donors (Lipinski definition) is 0. The third-order valence-corrected chi connectivity index (χ3v) is 6.56. The zero-order valence-electron chi connectivity index (χ0n) is 27.4. The Balaban J connectivity index is 1.73. The lowest BCUT2D eigenvalue weighted by Crippen LogP contribution is -1.97. The van der Waals surface area contributed by atoms with Crippen molar-refractivity contribution in [3.8, 4) is 27.9 Å². The highest BCUT2D eigenvalue weighted by Crippen LogP contribution is 2.43. The lowest BCUT2D eigenvalue weighted by molar-refractivity contribution is 1.00. The second-order valence-electron chi connectivity index (χ2n) is 8.65. The van der Waals surface area contributed by atoms with Crippen molar-refractivity contribution in [3.05, 3.63) is 133 Å². The van der Waals surface area contributed by atoms with Crippen molar-refractivity contribution in [1.29, 1.82) is 0 Å². The summed E-state index contributed by atoms with van der Waals surface area (Å²) in [6, 6.07) is 21.4. The minimum Gasteiger partial charge on any atom is -0.297 e. The Kier molecular flexibility index (Phi) is 3.20. The monoisotopic (exact) mass is 468 g/mol. The van der Waals surface area contributed by atoms with Crippen LogP contribution in [0.3, 0.4) is 0 Å². The highest BCUT2D eigenvalue weighted by atomic mass is 15.1. The predicted molar refractivity (Wildman–Crippen MR) is 152 cm³/mol. The molecule has 0 fully saturated rings. The maximum atomic E-state index is 9.11. The van der Waals surface area contributed by atoms with E-state index in [1.165, 1.54) is 0 Å². The van der Waals surface area contributed by atoms with Crippen molar-refractivity contribution in [3.63, 3.8) is 0 Å². The Morgan fingerprint density at radius 1 is 0.611 bits per heavy atom. The highest BCUT2D eigenvalue weighted by Gasteiger charge is 2.17. The Hall–Kier alpha value is -4.69. The van der Waals surface area contributed by atoms with Gasteiger partial charge in [-0.1, -0.05) is 103 Å². The fraction of sp³-hybridized carbons (Fsp3) is 0.0294. The van der Waals surface area contributed by atoms with Crippen LogP contribution in [0.4, 0.5) is 0 Å². The first-order valence-electron chi connectivity index (χ1n) is 15.7. The number of hydrogen-bond acceptors (Lipinski definition) is 1. The molecule has 2 heteroatoms. The molecule has 0 atom stereocenters. The van der Waals surface area contributed by atoms with E-state index in [2.05, 4.69) is 0 Å². The molecule has 2 nitrogen and oxygen atoms in total. The number of aromatic nitrogens is 2. The molecule has 170 valence electrons. The van der Waals surface area contributed by atoms with E-state index < -0.39 is 24.2 Å². The maximum absolute atomic E-state index is 9.11. The molecular weight excluding hydrogens is 436 g/mol. The van der Waals surface area contributed by atoms with Gasteiger partial charge in [-0.15, -0.1) is 0 Å². The smallest absolute Gasteiger partial charge is 0.111 e. The summed E-state index contributed by atoms with van der Waals surface area (Å²) >= 11 is 0. The van der Waals surface area contributed by atoms with Gasteiger partial charge in [0.1, 0.15) is 5.82 Å². The third-order valence-electron chi connectivity index (χ3n) is 6.56. The van der Waals surface area contributed by atoms with Crippen molar-refractivity contribution in [2.24, 2.45) is 0 Å². The summed E-state index contributed by atoms with van der Waals surface area (Å²) in [4.78, 5) is 4.69. The zero-order chi connectivity index (χ0) is 31.0. The Labute approximate surface area is 221 Å². The van der Waals surface area contributed by atoms with Crippen molar-refractivity contribution in [2.75, 3.05) is 0 Å². The number of nitrogens with zero attached hydrogens (tertiary/aromatic N) is 2. The molecule has 0 radical (unpaired) electrons. The average molecular weight is 469 g/mol. The largest absolute Gasteiger partial charge is 0.297 e. The number of fused-ring (bicyclic) bond motifs is 3. The maximum Gasteiger partial charge on any atom is 0.111 e. The summed E-state index contributed by atoms with van der Waals surface area (Å²) in [5.41, 5.74) is 4.25. The molecular formula is C34H24N2. The molecule has 0 N–H and O–H groups in total. The molecule has 1 aromatic heterocycles. The van der Waals surface area contributed by atoms with Gasteiger partial charge in [-0.3, -0.25) is 4.57 Å². The van der Waals surface area contributed by atoms with Crippen LogP contribution in [0.15, 0.2) is 127 Å². The average Bonchev–Trinajstić information content (AvgIpc) is 3.39. The normalized spacial score (nSPS) is 14.6. The standard InChI is InChI=1S/C34H24N2/c1-23-35-31-20-9-10-21-32(31)36(23)26-15-11-14-25(22-26)34-29-18-7-5-16-27(29)33(24-12-3-2-4-13-24)28-17-6-8-19-30(28)34/h2-22H,1H3/i5D,6D,7D,8D,16D,17D,18D,19D. The van der Waals surface area contributed by atoms with Crippen LogP contribution >= 0.6 is 0 Å². The number of imidazole rings is 1. The van der Waals surface area contributed by atoms with Gasteiger partial charge in [-0.2, -0.15) is 0 Å². The van der Waals surface area contributed by atoms with Gasteiger partial charge >= 0.3 is 0 Å². The Morgan fingerprint density at radius 2 is 1.17 bits per heavy atom. The number of aryl methyl sites for hydroxylation is 1. The first kappa shape index (κ1) is 14.0. The molecule has 0 amide bonds. The van der Waals surface area contributed by atoms with E-state index in [-0.39, 0.29) is 45.7 Å². The molecule has 6 aromatic carbocycles. The van der Waals surface area contributed by atoms with Crippen molar-refractivity contribution in [2.45, 2.75) is 6.92 Å². The molecule has 0 saturated heterocycles. The van der Waals surface area contributed by atoms with Crippen LogP contribution in [0.2, 0.25) is 0 Å². The number of rotatable bonds is 3. The van der Waals surface area contributed by atoms with E-state index >= 15 is 0 Å². The number of benzene rings is 6. The predicted octanol–water partition coefficient (Wildman–Crippen LogP) is 8.97. The molecule has 0 aliphatic rings. The van der Waals surface area contributed by atoms with Crippen LogP contribution in [0.5, 0.6) is 0 Å². The van der Waals surface area contributed by atoms with Gasteiger partial charge in [0.25, 0.3) is 0 Å². The summed E-state index contributed by atoms with van der Waals surface area (Å²) in [6.07, 6.45) is 0. The summed E-state index contributed by atoms with van der Waals surface area (Å²) in [6.45, 7) is 1.90. The topological polar surface area (TPSA) is 17.8 Å². The first-order valence-corrected chi connectivity index (χ1v) is 11.7. The molecule has 0 unspecified atom stereocenters. The first-order chi connectivity index (χ1) is 21.1. The molecule has 1 heterocycles. The molecule has 0 bridgehead atoms. The summed E-state index contributed by atoms with van der Waals surface area (Å²) < 4.78 is 72.6. The van der Waals surface area contributed by atoms with Gasteiger partial charge in [0.2, 0.25) is 0 Å². The lowest BCUT2D eigenvalue weighted by atomic mass is 9.86. The van der Waals surface area contributed by atoms with Crippen LogP contribution in [-0.4, -0.2) is 9.55 Å². The molecule has 0 aliphatic carbocycles. The second kappa shape index (κ2) is 8.21. The summed E-state index contributed by atoms with van der Waals surface area (Å²) in [5.74, 6) is 0.751. The molecule has 7 aromatic rings. The molecule has 7 rings (SSSR count). The van der Waals surface area contributed by atoms with Crippen LogP contribution in [0.1, 0.15) is 16.8 Å². The third kappa shape index (κ3) is 3.15. The van der Waals surface area contributed by atoms with Gasteiger partial charge < -0.3 is 0 Å². The minimum absolute atomic E-state index is 0.191. The van der Waals surface area contributed by atoms with Crippen molar-refractivity contribution in [1.82, 2.24) is 9.55 Å². The quantitative estimate of drug-likeness (QED) is 0.237. The van der Waals surface area contributed by atoms with Crippen molar-refractivity contribution >= 4 is 32.6 Å². The molecule has 0 spiro atoms. The van der Waals surface area contributed by atoms with Crippen LogP contribution in [0, 0.1) is 6.92 Å². The SMILES string of the molecule is [2H]c1c([2H])c([2H])c2c(-c3cccc(-n4c(C)nc5ccccc54)c3)c3c([2H])c([2H])c([2H])c([2H])c3c(-c3ccccc3)c2c1[2H]. The van der Waals surface area contributed by atoms with Gasteiger partial charge in [0.05, 0.1) is 22.0 Å². The summed E-state index contributed by atoms with van der Waals surface area (Å²) in [5, 5.41) is 0.780. The van der Waals surface area contributed by atoms with Crippen LogP contribution in [0.25, 0.3) is 60.5 Å². The van der Waals surface area contributed by atoms with Crippen LogP contribution in [-0.2, 0) is 0 Å². The fourth-order valence-corrected chi connectivity index (χ4v) is 5.08. The van der Waals surface area contributed by atoms with Gasteiger partial charge in [-0.25, -0.2) is 4.98 Å². The van der Waals surface area contributed by atoms with Crippen LogP contribution < -0.4 is 0 Å². The Bertz CT molecular complexity index is 2250. The van der Waals surface area contributed by atoms with E-state index in [1.807, 2.05) is 60.0 Å². The lowest BCUT2D eigenvalue weighted by Gasteiger charge is -2.18. The van der Waals surface area contributed by atoms with E-state index in [9.17, 15) is 0 Å².